The first kappa shape index (κ1) is 18.6. The number of amides is 1. The van der Waals surface area contributed by atoms with Gasteiger partial charge in [-0.1, -0.05) is 5.16 Å². The number of aromatic nitrogens is 1. The standard InChI is InChI=1S/C17H22N4O4S/c1-12-11-16(25-20-12)15-3-2-9-21(15)10-8-17(22)19-13-4-6-14(7-5-13)26(18,23)24/h4-7,11,15H,2-3,8-10H2,1H3,(H,19,22)(H2,18,23,24). The summed E-state index contributed by atoms with van der Waals surface area (Å²) in [5.41, 5.74) is 1.39. The molecule has 3 rings (SSSR count). The second-order valence-corrected chi connectivity index (χ2v) is 7.99. The highest BCUT2D eigenvalue weighted by Crippen LogP contribution is 2.32. The molecule has 8 nitrogen and oxygen atoms in total. The first-order chi connectivity index (χ1) is 12.3. The van der Waals surface area contributed by atoms with Crippen LogP contribution in [-0.2, 0) is 14.8 Å². The largest absolute Gasteiger partial charge is 0.359 e. The number of nitrogens with one attached hydrogen (secondary N) is 1. The molecule has 1 aliphatic rings. The van der Waals surface area contributed by atoms with E-state index in [0.717, 1.165) is 30.8 Å². The zero-order valence-corrected chi connectivity index (χ0v) is 15.3. The van der Waals surface area contributed by atoms with E-state index >= 15 is 0 Å². The quantitative estimate of drug-likeness (QED) is 0.791. The Hall–Kier alpha value is -2.23. The highest BCUT2D eigenvalue weighted by molar-refractivity contribution is 7.89. The molecule has 1 fully saturated rings. The molecular weight excluding hydrogens is 356 g/mol. The van der Waals surface area contributed by atoms with Crippen molar-refractivity contribution < 1.29 is 17.7 Å². The van der Waals surface area contributed by atoms with Crippen molar-refractivity contribution >= 4 is 21.6 Å². The first-order valence-corrected chi connectivity index (χ1v) is 9.97. The number of nitrogens with two attached hydrogens (primary N) is 1. The van der Waals surface area contributed by atoms with Crippen molar-refractivity contribution in [2.24, 2.45) is 5.14 Å². The molecular formula is C17H22N4O4S. The second-order valence-electron chi connectivity index (χ2n) is 6.43. The summed E-state index contributed by atoms with van der Waals surface area (Å²) in [6.07, 6.45) is 2.38. The summed E-state index contributed by atoms with van der Waals surface area (Å²) >= 11 is 0. The molecule has 3 N–H and O–H groups in total. The van der Waals surface area contributed by atoms with E-state index in [1.54, 1.807) is 0 Å². The zero-order valence-electron chi connectivity index (χ0n) is 14.5. The molecule has 140 valence electrons. The van der Waals surface area contributed by atoms with Crippen molar-refractivity contribution in [3.05, 3.63) is 41.8 Å². The topological polar surface area (TPSA) is 119 Å². The summed E-state index contributed by atoms with van der Waals surface area (Å²) in [6.45, 7) is 3.42. The lowest BCUT2D eigenvalue weighted by atomic mass is 10.1. The maximum absolute atomic E-state index is 12.2. The number of primary sulfonamides is 1. The van der Waals surface area contributed by atoms with Crippen LogP contribution in [0.15, 0.2) is 39.8 Å². The van der Waals surface area contributed by atoms with Gasteiger partial charge in [0.2, 0.25) is 15.9 Å². The minimum Gasteiger partial charge on any atom is -0.359 e. The maximum atomic E-state index is 12.2. The number of hydrogen-bond acceptors (Lipinski definition) is 6. The van der Waals surface area contributed by atoms with Gasteiger partial charge in [0, 0.05) is 24.7 Å². The van der Waals surface area contributed by atoms with Crippen LogP contribution in [0.25, 0.3) is 0 Å². The minimum absolute atomic E-state index is 0.0118. The second kappa shape index (κ2) is 7.56. The monoisotopic (exact) mass is 378 g/mol. The number of sulfonamides is 1. The van der Waals surface area contributed by atoms with Crippen molar-refractivity contribution in [2.45, 2.75) is 37.1 Å². The Balaban J connectivity index is 1.53. The number of aryl methyl sites for hydroxylation is 1. The van der Waals surface area contributed by atoms with Crippen molar-refractivity contribution in [1.29, 1.82) is 0 Å². The zero-order chi connectivity index (χ0) is 18.7. The van der Waals surface area contributed by atoms with Crippen LogP contribution in [0, 0.1) is 6.92 Å². The van der Waals surface area contributed by atoms with Crippen molar-refractivity contribution in [2.75, 3.05) is 18.4 Å². The van der Waals surface area contributed by atoms with Crippen LogP contribution in [0.3, 0.4) is 0 Å². The molecule has 1 aliphatic heterocycles. The van der Waals surface area contributed by atoms with Gasteiger partial charge in [-0.05, 0) is 50.6 Å². The molecule has 0 bridgehead atoms. The van der Waals surface area contributed by atoms with E-state index in [-0.39, 0.29) is 16.8 Å². The molecule has 0 aliphatic carbocycles. The SMILES string of the molecule is Cc1cc(C2CCCN2CCC(=O)Nc2ccc(S(N)(=O)=O)cc2)on1. The Morgan fingerprint density at radius 3 is 2.73 bits per heavy atom. The molecule has 0 saturated carbocycles. The number of carbonyl (C=O) groups excluding carboxylic acids is 1. The van der Waals surface area contributed by atoms with Crippen molar-refractivity contribution in [3.8, 4) is 0 Å². The van der Waals surface area contributed by atoms with E-state index in [1.165, 1.54) is 24.3 Å². The van der Waals surface area contributed by atoms with Crippen LogP contribution in [0.1, 0.15) is 36.8 Å². The van der Waals surface area contributed by atoms with Crippen molar-refractivity contribution in [3.63, 3.8) is 0 Å². The molecule has 0 radical (unpaired) electrons. The molecule has 1 saturated heterocycles. The molecule has 2 heterocycles. The predicted molar refractivity (Wildman–Crippen MR) is 95.8 cm³/mol. The summed E-state index contributed by atoms with van der Waals surface area (Å²) in [5.74, 6) is 0.715. The smallest absolute Gasteiger partial charge is 0.238 e. The third-order valence-corrected chi connectivity index (χ3v) is 5.36. The Morgan fingerprint density at radius 2 is 2.12 bits per heavy atom. The van der Waals surface area contributed by atoms with E-state index in [2.05, 4.69) is 15.4 Å². The van der Waals surface area contributed by atoms with Gasteiger partial charge in [-0.15, -0.1) is 0 Å². The Kier molecular flexibility index (Phi) is 5.40. The van der Waals surface area contributed by atoms with Gasteiger partial charge in [0.15, 0.2) is 5.76 Å². The summed E-state index contributed by atoms with van der Waals surface area (Å²) < 4.78 is 27.8. The number of rotatable bonds is 6. The van der Waals surface area contributed by atoms with Crippen LogP contribution < -0.4 is 10.5 Å². The Bertz CT molecular complexity index is 876. The number of hydrogen-bond donors (Lipinski definition) is 2. The molecule has 1 aromatic carbocycles. The third-order valence-electron chi connectivity index (χ3n) is 4.43. The van der Waals surface area contributed by atoms with Crippen molar-refractivity contribution in [1.82, 2.24) is 10.1 Å². The average molecular weight is 378 g/mol. The van der Waals surface area contributed by atoms with E-state index < -0.39 is 10.0 Å². The number of anilines is 1. The normalized spacial score (nSPS) is 18.2. The van der Waals surface area contributed by atoms with Gasteiger partial charge in [0.1, 0.15) is 0 Å². The fraction of sp³-hybridized carbons (Fsp3) is 0.412. The highest BCUT2D eigenvalue weighted by atomic mass is 32.2. The maximum Gasteiger partial charge on any atom is 0.238 e. The molecule has 1 aromatic heterocycles. The summed E-state index contributed by atoms with van der Waals surface area (Å²) in [5, 5.41) is 11.8. The molecule has 1 atom stereocenters. The lowest BCUT2D eigenvalue weighted by Crippen LogP contribution is -2.27. The molecule has 26 heavy (non-hydrogen) atoms. The van der Waals surface area contributed by atoms with Gasteiger partial charge in [-0.25, -0.2) is 13.6 Å². The van der Waals surface area contributed by atoms with Gasteiger partial charge in [-0.3, -0.25) is 9.69 Å². The molecule has 2 aromatic rings. The fourth-order valence-corrected chi connectivity index (χ4v) is 3.67. The average Bonchev–Trinajstić information content (AvgIpc) is 3.21. The fourth-order valence-electron chi connectivity index (χ4n) is 3.15. The molecule has 9 heteroatoms. The van der Waals surface area contributed by atoms with Crippen LogP contribution in [0.4, 0.5) is 5.69 Å². The lowest BCUT2D eigenvalue weighted by Gasteiger charge is -2.21. The van der Waals surface area contributed by atoms with E-state index in [9.17, 15) is 13.2 Å². The molecule has 1 unspecified atom stereocenters. The summed E-state index contributed by atoms with van der Waals surface area (Å²) in [6, 6.07) is 7.89. The third kappa shape index (κ3) is 4.48. The summed E-state index contributed by atoms with van der Waals surface area (Å²) in [7, 11) is -3.73. The summed E-state index contributed by atoms with van der Waals surface area (Å²) in [4.78, 5) is 14.4. The van der Waals surface area contributed by atoms with Gasteiger partial charge in [-0.2, -0.15) is 0 Å². The van der Waals surface area contributed by atoms with Gasteiger partial charge >= 0.3 is 0 Å². The van der Waals surface area contributed by atoms with E-state index in [1.807, 2.05) is 13.0 Å². The number of benzene rings is 1. The van der Waals surface area contributed by atoms with Gasteiger partial charge in [0.05, 0.1) is 16.6 Å². The van der Waals surface area contributed by atoms with Crippen LogP contribution in [0.2, 0.25) is 0 Å². The molecule has 1 amide bonds. The van der Waals surface area contributed by atoms with E-state index in [4.69, 9.17) is 9.66 Å². The Morgan fingerprint density at radius 1 is 1.38 bits per heavy atom. The lowest BCUT2D eigenvalue weighted by molar-refractivity contribution is -0.116. The van der Waals surface area contributed by atoms with Crippen LogP contribution in [0.5, 0.6) is 0 Å². The first-order valence-electron chi connectivity index (χ1n) is 8.43. The van der Waals surface area contributed by atoms with Gasteiger partial charge < -0.3 is 9.84 Å². The van der Waals surface area contributed by atoms with Crippen LogP contribution in [-0.4, -0.2) is 37.5 Å². The number of carbonyl (C=O) groups is 1. The molecule has 0 spiro atoms. The van der Waals surface area contributed by atoms with E-state index in [0.29, 0.717) is 18.7 Å². The Labute approximate surface area is 152 Å². The highest BCUT2D eigenvalue weighted by Gasteiger charge is 2.29. The number of nitrogens with zero attached hydrogens (tertiary/aromatic N) is 2. The minimum atomic E-state index is -3.73. The number of likely N-dealkylation sites (tertiary alicyclic amines) is 1. The predicted octanol–water partition coefficient (Wildman–Crippen LogP) is 1.80. The van der Waals surface area contributed by atoms with Crippen LogP contribution >= 0.6 is 0 Å². The van der Waals surface area contributed by atoms with Gasteiger partial charge in [0.25, 0.3) is 0 Å².